The summed E-state index contributed by atoms with van der Waals surface area (Å²) in [5.41, 5.74) is -7.03. The molecule has 1 N–H and O–H groups in total. The van der Waals surface area contributed by atoms with E-state index in [1.54, 1.807) is 0 Å². The Morgan fingerprint density at radius 2 is 1.73 bits per heavy atom. The summed E-state index contributed by atoms with van der Waals surface area (Å²) in [6.07, 6.45) is -12.5. The molecule has 0 aromatic heterocycles. The van der Waals surface area contributed by atoms with Gasteiger partial charge in [0.2, 0.25) is 15.3 Å². The predicted molar refractivity (Wildman–Crippen MR) is 122 cm³/mol. The molecule has 4 rings (SSSR count). The SMILES string of the molecule is O=C(O)C1(COc2cc3c(cc2C(F)(F)F)N(c2ccc(F)cc2)C[C@@H](CCC(F)(F)F)[C@@H](F)S3(=O)=O)COC1. The van der Waals surface area contributed by atoms with Crippen LogP contribution in [-0.4, -0.2) is 57.5 Å². The first-order valence-corrected chi connectivity index (χ1v) is 13.2. The van der Waals surface area contributed by atoms with Crippen molar-refractivity contribution >= 4 is 27.2 Å². The van der Waals surface area contributed by atoms with Crippen LogP contribution in [0.5, 0.6) is 5.75 Å². The number of hydrogen-bond acceptors (Lipinski definition) is 6. The standard InChI is InChI=1S/C24H21F8NO6S/c25-14-1-3-15(4-2-14)33-9-13(5-6-23(27,28)29)20(26)40(36,37)19-8-18(16(7-17(19)33)24(30,31)32)39-12-22(21(34)35)10-38-11-22/h1-4,7-8,13,20H,5-6,9-12H2,(H,34,35)/t13-,20+/m1/s1. The molecule has 2 aliphatic heterocycles. The Hall–Kier alpha value is -3.14. The lowest BCUT2D eigenvalue weighted by Gasteiger charge is -2.37. The first-order valence-electron chi connectivity index (χ1n) is 11.6. The normalized spacial score (nSPS) is 22.1. The van der Waals surface area contributed by atoms with Gasteiger partial charge in [-0.25, -0.2) is 17.2 Å². The Bertz CT molecular complexity index is 1370. The molecule has 220 valence electrons. The lowest BCUT2D eigenvalue weighted by molar-refractivity contribution is -0.185. The van der Waals surface area contributed by atoms with Crippen molar-refractivity contribution in [2.24, 2.45) is 11.3 Å². The van der Waals surface area contributed by atoms with Crippen LogP contribution in [0.15, 0.2) is 41.3 Å². The molecule has 0 bridgehead atoms. The van der Waals surface area contributed by atoms with Crippen molar-refractivity contribution < 1.29 is 62.9 Å². The average Bonchev–Trinajstić information content (AvgIpc) is 2.89. The second-order valence-corrected chi connectivity index (χ2v) is 11.6. The fraction of sp³-hybridized carbons (Fsp3) is 0.458. The molecule has 40 heavy (non-hydrogen) atoms. The largest absolute Gasteiger partial charge is 0.492 e. The number of ether oxygens (including phenoxy) is 2. The van der Waals surface area contributed by atoms with E-state index in [2.05, 4.69) is 0 Å². The molecule has 1 fully saturated rings. The zero-order valence-corrected chi connectivity index (χ0v) is 21.0. The van der Waals surface area contributed by atoms with Gasteiger partial charge in [0.15, 0.2) is 0 Å². The summed E-state index contributed by atoms with van der Waals surface area (Å²) >= 11 is 0. The topological polar surface area (TPSA) is 93.1 Å². The van der Waals surface area contributed by atoms with E-state index in [-0.39, 0.29) is 5.69 Å². The van der Waals surface area contributed by atoms with Crippen molar-refractivity contribution in [3.05, 3.63) is 47.8 Å². The van der Waals surface area contributed by atoms with E-state index in [0.29, 0.717) is 12.1 Å². The van der Waals surface area contributed by atoms with E-state index in [9.17, 15) is 49.1 Å². The predicted octanol–water partition coefficient (Wildman–Crippen LogP) is 5.50. The third kappa shape index (κ3) is 5.82. The lowest BCUT2D eigenvalue weighted by atomic mass is 9.87. The maximum Gasteiger partial charge on any atom is 0.420 e. The molecule has 0 saturated carbocycles. The minimum Gasteiger partial charge on any atom is -0.492 e. The molecule has 0 unspecified atom stereocenters. The molecule has 7 nitrogen and oxygen atoms in total. The second kappa shape index (κ2) is 10.4. The van der Waals surface area contributed by atoms with Gasteiger partial charge in [-0.2, -0.15) is 26.3 Å². The molecular formula is C24H21F8NO6S. The highest BCUT2D eigenvalue weighted by Gasteiger charge is 2.49. The minimum atomic E-state index is -5.21. The fourth-order valence-electron chi connectivity index (χ4n) is 4.39. The number of aliphatic carboxylic acids is 1. The van der Waals surface area contributed by atoms with Crippen LogP contribution < -0.4 is 9.64 Å². The van der Waals surface area contributed by atoms with Crippen LogP contribution in [0.2, 0.25) is 0 Å². The molecule has 2 aliphatic rings. The minimum absolute atomic E-state index is 0.109. The summed E-state index contributed by atoms with van der Waals surface area (Å²) < 4.78 is 147. The lowest BCUT2D eigenvalue weighted by Crippen LogP contribution is -2.53. The third-order valence-corrected chi connectivity index (χ3v) is 8.62. The average molecular weight is 603 g/mol. The number of nitrogens with zero attached hydrogens (tertiary/aromatic N) is 1. The number of alkyl halides is 7. The molecule has 0 aliphatic carbocycles. The maximum absolute atomic E-state index is 15.5. The van der Waals surface area contributed by atoms with Crippen LogP contribution in [0.25, 0.3) is 0 Å². The summed E-state index contributed by atoms with van der Waals surface area (Å²) in [5.74, 6) is -5.17. The van der Waals surface area contributed by atoms with E-state index >= 15 is 4.39 Å². The van der Waals surface area contributed by atoms with Gasteiger partial charge < -0.3 is 19.5 Å². The van der Waals surface area contributed by atoms with E-state index in [4.69, 9.17) is 9.47 Å². The Kier molecular flexibility index (Phi) is 7.73. The quantitative estimate of drug-likeness (QED) is 0.418. The Morgan fingerprint density at radius 3 is 2.23 bits per heavy atom. The Labute approximate surface area is 222 Å². The molecule has 1 saturated heterocycles. The third-order valence-electron chi connectivity index (χ3n) is 6.70. The van der Waals surface area contributed by atoms with Gasteiger partial charge >= 0.3 is 18.3 Å². The summed E-state index contributed by atoms with van der Waals surface area (Å²) in [6, 6.07) is 4.61. The van der Waals surface area contributed by atoms with E-state index < -0.39 is 112 Å². The van der Waals surface area contributed by atoms with Crippen molar-refractivity contribution in [1.82, 2.24) is 0 Å². The summed E-state index contributed by atoms with van der Waals surface area (Å²) in [7, 11) is -5.21. The summed E-state index contributed by atoms with van der Waals surface area (Å²) in [6.45, 7) is -2.41. The molecule has 16 heteroatoms. The fourth-order valence-corrected chi connectivity index (χ4v) is 6.09. The number of fused-ring (bicyclic) bond motifs is 1. The number of carboxylic acid groups (broad SMARTS) is 1. The number of anilines is 2. The Morgan fingerprint density at radius 1 is 1.10 bits per heavy atom. The molecule has 0 spiro atoms. The smallest absolute Gasteiger partial charge is 0.420 e. The molecule has 2 aromatic carbocycles. The molecule has 0 radical (unpaired) electrons. The molecular weight excluding hydrogens is 582 g/mol. The van der Waals surface area contributed by atoms with Crippen molar-refractivity contribution in [3.63, 3.8) is 0 Å². The Balaban J connectivity index is 1.88. The summed E-state index contributed by atoms with van der Waals surface area (Å²) in [4.78, 5) is 11.4. The number of carbonyl (C=O) groups is 1. The van der Waals surface area contributed by atoms with Crippen LogP contribution in [0.3, 0.4) is 0 Å². The van der Waals surface area contributed by atoms with Crippen molar-refractivity contribution in [2.45, 2.75) is 35.6 Å². The monoisotopic (exact) mass is 603 g/mol. The van der Waals surface area contributed by atoms with Gasteiger partial charge in [-0.05, 0) is 36.8 Å². The molecule has 0 amide bonds. The van der Waals surface area contributed by atoms with Crippen molar-refractivity contribution in [3.8, 4) is 5.75 Å². The molecule has 2 atom stereocenters. The van der Waals surface area contributed by atoms with E-state index in [0.717, 1.165) is 29.2 Å². The van der Waals surface area contributed by atoms with Crippen LogP contribution in [0.4, 0.5) is 46.5 Å². The molecule has 2 heterocycles. The number of halogens is 8. The number of hydrogen-bond donors (Lipinski definition) is 1. The second-order valence-electron chi connectivity index (χ2n) is 9.58. The van der Waals surface area contributed by atoms with Crippen LogP contribution in [0, 0.1) is 17.2 Å². The first-order chi connectivity index (χ1) is 18.4. The van der Waals surface area contributed by atoms with Gasteiger partial charge in [0, 0.05) is 30.6 Å². The maximum atomic E-state index is 15.5. The summed E-state index contributed by atoms with van der Waals surface area (Å²) in [5, 5.41) is 9.41. The van der Waals surface area contributed by atoms with E-state index in [1.807, 2.05) is 0 Å². The van der Waals surface area contributed by atoms with Gasteiger partial charge in [0.1, 0.15) is 23.6 Å². The highest BCUT2D eigenvalue weighted by atomic mass is 32.2. The van der Waals surface area contributed by atoms with Crippen LogP contribution in [-0.2, 0) is 25.5 Å². The van der Waals surface area contributed by atoms with Crippen LogP contribution in [0.1, 0.15) is 18.4 Å². The van der Waals surface area contributed by atoms with E-state index in [1.165, 1.54) is 0 Å². The zero-order chi connectivity index (χ0) is 29.7. The van der Waals surface area contributed by atoms with Gasteiger partial charge in [-0.3, -0.25) is 4.79 Å². The van der Waals surface area contributed by atoms with Crippen molar-refractivity contribution in [2.75, 3.05) is 31.3 Å². The molecule has 2 aromatic rings. The van der Waals surface area contributed by atoms with Gasteiger partial charge in [-0.15, -0.1) is 0 Å². The van der Waals surface area contributed by atoms with Crippen LogP contribution >= 0.6 is 0 Å². The van der Waals surface area contributed by atoms with Gasteiger partial charge in [0.25, 0.3) is 0 Å². The first kappa shape index (κ1) is 29.8. The number of sulfone groups is 1. The van der Waals surface area contributed by atoms with Gasteiger partial charge in [-0.1, -0.05) is 0 Å². The highest BCUT2D eigenvalue weighted by molar-refractivity contribution is 7.92. The number of benzene rings is 2. The van der Waals surface area contributed by atoms with Gasteiger partial charge in [0.05, 0.1) is 29.4 Å². The van der Waals surface area contributed by atoms with Crippen molar-refractivity contribution in [1.29, 1.82) is 0 Å². The number of rotatable bonds is 7. The number of carboxylic acids is 1. The highest BCUT2D eigenvalue weighted by Crippen LogP contribution is 2.48. The zero-order valence-electron chi connectivity index (χ0n) is 20.2.